The highest BCUT2D eigenvalue weighted by atomic mass is 79.9. The van der Waals surface area contributed by atoms with Gasteiger partial charge < -0.3 is 9.80 Å². The third-order valence-corrected chi connectivity index (χ3v) is 3.73. The molecular formula is C14H22BrClN2. The van der Waals surface area contributed by atoms with E-state index in [4.69, 9.17) is 11.6 Å². The quantitative estimate of drug-likeness (QED) is 0.697. The van der Waals surface area contributed by atoms with Gasteiger partial charge in [0.05, 0.1) is 0 Å². The van der Waals surface area contributed by atoms with E-state index in [2.05, 4.69) is 64.9 Å². The lowest BCUT2D eigenvalue weighted by molar-refractivity contribution is 0.400. The lowest BCUT2D eigenvalue weighted by atomic mass is 10.1. The van der Waals surface area contributed by atoms with Gasteiger partial charge >= 0.3 is 0 Å². The third kappa shape index (κ3) is 4.79. The Balaban J connectivity index is 2.77. The molecule has 18 heavy (non-hydrogen) atoms. The molecule has 0 heterocycles. The van der Waals surface area contributed by atoms with Crippen molar-refractivity contribution in [2.24, 2.45) is 0 Å². The number of hydrogen-bond donors (Lipinski definition) is 0. The van der Waals surface area contributed by atoms with E-state index in [-0.39, 0.29) is 0 Å². The molecule has 4 heteroatoms. The maximum Gasteiger partial charge on any atom is 0.0494 e. The predicted octanol–water partition coefficient (Wildman–Crippen LogP) is 3.97. The van der Waals surface area contributed by atoms with Crippen LogP contribution in [0.4, 0.5) is 5.69 Å². The number of nitrogens with zero attached hydrogens (tertiary/aromatic N) is 2. The molecule has 0 radical (unpaired) electrons. The molecule has 0 amide bonds. The van der Waals surface area contributed by atoms with Crippen molar-refractivity contribution in [2.75, 3.05) is 38.6 Å². The molecule has 0 unspecified atom stereocenters. The lowest BCUT2D eigenvalue weighted by Crippen LogP contribution is -2.27. The number of anilines is 1. The fourth-order valence-electron chi connectivity index (χ4n) is 1.97. The van der Waals surface area contributed by atoms with Crippen molar-refractivity contribution in [3.63, 3.8) is 0 Å². The predicted molar refractivity (Wildman–Crippen MR) is 84.8 cm³/mol. The van der Waals surface area contributed by atoms with E-state index in [1.165, 1.54) is 11.3 Å². The van der Waals surface area contributed by atoms with Crippen LogP contribution in [0.3, 0.4) is 0 Å². The van der Waals surface area contributed by atoms with Gasteiger partial charge in [0.2, 0.25) is 0 Å². The van der Waals surface area contributed by atoms with Crippen molar-refractivity contribution in [1.82, 2.24) is 4.90 Å². The van der Waals surface area contributed by atoms with Crippen LogP contribution in [0.25, 0.3) is 0 Å². The normalized spacial score (nSPS) is 11.0. The van der Waals surface area contributed by atoms with Crippen LogP contribution in [0.15, 0.2) is 22.7 Å². The Labute approximate surface area is 124 Å². The van der Waals surface area contributed by atoms with Gasteiger partial charge in [-0.1, -0.05) is 22.0 Å². The largest absolute Gasteiger partial charge is 0.371 e. The van der Waals surface area contributed by atoms with Gasteiger partial charge in [-0.2, -0.15) is 0 Å². The van der Waals surface area contributed by atoms with E-state index in [0.29, 0.717) is 5.88 Å². The Bertz CT molecular complexity index is 369. The number of alkyl halides is 1. The average Bonchev–Trinajstić information content (AvgIpc) is 2.34. The second kappa shape index (κ2) is 8.03. The molecule has 0 spiro atoms. The van der Waals surface area contributed by atoms with Crippen LogP contribution in [0.2, 0.25) is 0 Å². The van der Waals surface area contributed by atoms with E-state index < -0.39 is 0 Å². The second-order valence-electron chi connectivity index (χ2n) is 4.64. The third-order valence-electron chi connectivity index (χ3n) is 2.95. The van der Waals surface area contributed by atoms with E-state index in [9.17, 15) is 0 Å². The fourth-order valence-corrected chi connectivity index (χ4v) is 2.55. The topological polar surface area (TPSA) is 6.48 Å². The fraction of sp³-hybridized carbons (Fsp3) is 0.571. The summed E-state index contributed by atoms with van der Waals surface area (Å²) in [5.74, 6) is 0.562. The molecule has 0 fully saturated rings. The Kier molecular flexibility index (Phi) is 7.05. The van der Waals surface area contributed by atoms with Gasteiger partial charge in [-0.25, -0.2) is 0 Å². The number of benzene rings is 1. The lowest BCUT2D eigenvalue weighted by Gasteiger charge is -2.26. The Morgan fingerprint density at radius 3 is 2.50 bits per heavy atom. The first-order valence-electron chi connectivity index (χ1n) is 6.32. The van der Waals surface area contributed by atoms with Crippen LogP contribution in [-0.4, -0.2) is 38.6 Å². The van der Waals surface area contributed by atoms with Gasteiger partial charge in [0, 0.05) is 29.1 Å². The first kappa shape index (κ1) is 15.8. The highest BCUT2D eigenvalue weighted by Gasteiger charge is 2.09. The first-order chi connectivity index (χ1) is 8.58. The summed E-state index contributed by atoms with van der Waals surface area (Å²) in [6, 6.07) is 6.31. The summed E-state index contributed by atoms with van der Waals surface area (Å²) in [4.78, 5) is 4.61. The number of halogens is 2. The molecule has 0 N–H and O–H groups in total. The van der Waals surface area contributed by atoms with E-state index in [0.717, 1.165) is 30.5 Å². The summed E-state index contributed by atoms with van der Waals surface area (Å²) in [6.07, 6.45) is 1.16. The molecule has 102 valence electrons. The highest BCUT2D eigenvalue weighted by molar-refractivity contribution is 9.10. The van der Waals surface area contributed by atoms with Gasteiger partial charge in [0.1, 0.15) is 0 Å². The van der Waals surface area contributed by atoms with Crippen LogP contribution in [0.5, 0.6) is 0 Å². The molecule has 0 aromatic heterocycles. The molecular weight excluding hydrogens is 312 g/mol. The summed E-state index contributed by atoms with van der Waals surface area (Å²) < 4.78 is 1.11. The van der Waals surface area contributed by atoms with Gasteiger partial charge in [0.15, 0.2) is 0 Å². The van der Waals surface area contributed by atoms with E-state index in [1.54, 1.807) is 0 Å². The zero-order valence-corrected chi connectivity index (χ0v) is 13.8. The summed E-state index contributed by atoms with van der Waals surface area (Å²) >= 11 is 9.56. The second-order valence-corrected chi connectivity index (χ2v) is 5.83. The van der Waals surface area contributed by atoms with Crippen molar-refractivity contribution in [3.05, 3.63) is 28.2 Å². The maximum atomic E-state index is 6.02. The Morgan fingerprint density at radius 1 is 1.22 bits per heavy atom. The van der Waals surface area contributed by atoms with Crippen LogP contribution < -0.4 is 4.90 Å². The van der Waals surface area contributed by atoms with E-state index in [1.807, 2.05) is 0 Å². The standard InChI is InChI=1S/C14H22BrClN2/c1-4-18(9-5-8-17(2)3)14-10-13(15)7-6-12(14)11-16/h6-7,10H,4-5,8-9,11H2,1-3H3. The summed E-state index contributed by atoms with van der Waals surface area (Å²) in [6.45, 7) is 5.37. The van der Waals surface area contributed by atoms with Gasteiger partial charge in [-0.15, -0.1) is 11.6 Å². The molecule has 0 atom stereocenters. The summed E-state index contributed by atoms with van der Waals surface area (Å²) in [5.41, 5.74) is 2.45. The molecule has 1 aromatic rings. The van der Waals surface area contributed by atoms with Crippen LogP contribution in [-0.2, 0) is 5.88 Å². The molecule has 0 saturated heterocycles. The highest BCUT2D eigenvalue weighted by Crippen LogP contribution is 2.26. The number of hydrogen-bond acceptors (Lipinski definition) is 2. The van der Waals surface area contributed by atoms with Crippen molar-refractivity contribution in [3.8, 4) is 0 Å². The van der Waals surface area contributed by atoms with Crippen LogP contribution in [0, 0.1) is 0 Å². The molecule has 0 bridgehead atoms. The Morgan fingerprint density at radius 2 is 1.94 bits per heavy atom. The molecule has 1 rings (SSSR count). The minimum Gasteiger partial charge on any atom is -0.371 e. The molecule has 1 aromatic carbocycles. The van der Waals surface area contributed by atoms with Crippen LogP contribution in [0.1, 0.15) is 18.9 Å². The summed E-state index contributed by atoms with van der Waals surface area (Å²) in [7, 11) is 4.22. The van der Waals surface area contributed by atoms with Crippen molar-refractivity contribution < 1.29 is 0 Å². The zero-order valence-electron chi connectivity index (χ0n) is 11.4. The van der Waals surface area contributed by atoms with Crippen LogP contribution >= 0.6 is 27.5 Å². The smallest absolute Gasteiger partial charge is 0.0494 e. The van der Waals surface area contributed by atoms with E-state index >= 15 is 0 Å². The zero-order chi connectivity index (χ0) is 13.5. The SMILES string of the molecule is CCN(CCCN(C)C)c1cc(Br)ccc1CCl. The molecule has 0 aliphatic carbocycles. The Hall–Kier alpha value is -0.250. The minimum absolute atomic E-state index is 0.562. The molecule has 0 saturated carbocycles. The first-order valence-corrected chi connectivity index (χ1v) is 7.65. The maximum absolute atomic E-state index is 6.02. The summed E-state index contributed by atoms with van der Waals surface area (Å²) in [5, 5.41) is 0. The minimum atomic E-state index is 0.562. The van der Waals surface area contributed by atoms with Gasteiger partial charge in [-0.3, -0.25) is 0 Å². The molecule has 2 nitrogen and oxygen atoms in total. The van der Waals surface area contributed by atoms with Crippen molar-refractivity contribution in [1.29, 1.82) is 0 Å². The van der Waals surface area contributed by atoms with Crippen molar-refractivity contribution >= 4 is 33.2 Å². The molecule has 0 aliphatic heterocycles. The van der Waals surface area contributed by atoms with Gasteiger partial charge in [0.25, 0.3) is 0 Å². The monoisotopic (exact) mass is 332 g/mol. The average molecular weight is 334 g/mol. The van der Waals surface area contributed by atoms with Crippen molar-refractivity contribution in [2.45, 2.75) is 19.2 Å². The van der Waals surface area contributed by atoms with Gasteiger partial charge in [-0.05, 0) is 51.7 Å². The number of rotatable bonds is 7. The molecule has 0 aliphatic rings.